The van der Waals surface area contributed by atoms with Crippen molar-refractivity contribution in [2.24, 2.45) is 5.73 Å². The van der Waals surface area contributed by atoms with Gasteiger partial charge in [-0.25, -0.2) is 14.4 Å². The Labute approximate surface area is 112 Å². The summed E-state index contributed by atoms with van der Waals surface area (Å²) in [5.41, 5.74) is 7.42. The average Bonchev–Trinajstić information content (AvgIpc) is 2.37. The molecule has 2 N–H and O–H groups in total. The van der Waals surface area contributed by atoms with Crippen LogP contribution in [0.2, 0.25) is 0 Å². The lowest BCUT2D eigenvalue weighted by atomic mass is 10.00. The highest BCUT2D eigenvalue weighted by Gasteiger charge is 2.12. The Balaban J connectivity index is 2.17. The number of aromatic nitrogens is 2. The van der Waals surface area contributed by atoms with E-state index in [0.29, 0.717) is 0 Å². The van der Waals surface area contributed by atoms with E-state index in [4.69, 9.17) is 5.73 Å². The van der Waals surface area contributed by atoms with Crippen LogP contribution in [0.5, 0.6) is 0 Å². The second kappa shape index (κ2) is 5.45. The van der Waals surface area contributed by atoms with E-state index in [1.807, 2.05) is 19.9 Å². The van der Waals surface area contributed by atoms with Crippen LogP contribution in [0, 0.1) is 5.82 Å². The van der Waals surface area contributed by atoms with Crippen molar-refractivity contribution in [1.29, 1.82) is 0 Å². The zero-order valence-electron chi connectivity index (χ0n) is 11.2. The first kappa shape index (κ1) is 13.6. The van der Waals surface area contributed by atoms with E-state index in [2.05, 4.69) is 9.97 Å². The van der Waals surface area contributed by atoms with E-state index in [1.54, 1.807) is 18.3 Å². The van der Waals surface area contributed by atoms with Crippen LogP contribution in [-0.4, -0.2) is 15.5 Å². The Morgan fingerprint density at radius 3 is 2.47 bits per heavy atom. The van der Waals surface area contributed by atoms with Gasteiger partial charge in [0.05, 0.1) is 5.69 Å². The van der Waals surface area contributed by atoms with Gasteiger partial charge in [-0.3, -0.25) is 0 Å². The molecule has 1 heterocycles. The summed E-state index contributed by atoms with van der Waals surface area (Å²) in [6.07, 6.45) is 3.28. The van der Waals surface area contributed by atoms with Gasteiger partial charge in [0.15, 0.2) is 0 Å². The number of hydrogen-bond acceptors (Lipinski definition) is 3. The molecule has 19 heavy (non-hydrogen) atoms. The predicted molar refractivity (Wildman–Crippen MR) is 74.0 cm³/mol. The van der Waals surface area contributed by atoms with Crippen molar-refractivity contribution >= 4 is 0 Å². The molecule has 1 aromatic carbocycles. The summed E-state index contributed by atoms with van der Waals surface area (Å²) in [6.45, 7) is 3.97. The van der Waals surface area contributed by atoms with Gasteiger partial charge < -0.3 is 5.73 Å². The van der Waals surface area contributed by atoms with Crippen molar-refractivity contribution in [3.63, 3.8) is 0 Å². The number of rotatable bonds is 4. The first-order valence-electron chi connectivity index (χ1n) is 6.31. The Hall–Kier alpha value is -1.81. The minimum Gasteiger partial charge on any atom is -0.326 e. The summed E-state index contributed by atoms with van der Waals surface area (Å²) in [4.78, 5) is 8.73. The molecule has 3 nitrogen and oxygen atoms in total. The molecule has 1 aromatic heterocycles. The second-order valence-electron chi connectivity index (χ2n) is 5.35. The van der Waals surface area contributed by atoms with E-state index in [0.717, 1.165) is 29.9 Å². The molecule has 0 unspecified atom stereocenters. The maximum Gasteiger partial charge on any atom is 0.129 e. The molecule has 2 aromatic rings. The average molecular weight is 259 g/mol. The molecule has 0 aliphatic heterocycles. The van der Waals surface area contributed by atoms with Gasteiger partial charge in [-0.05, 0) is 50.6 Å². The predicted octanol–water partition coefficient (Wildman–Crippen LogP) is 2.95. The van der Waals surface area contributed by atoms with Crippen LogP contribution in [0.4, 0.5) is 4.39 Å². The van der Waals surface area contributed by atoms with Crippen LogP contribution in [-0.2, 0) is 6.42 Å². The van der Waals surface area contributed by atoms with Crippen LogP contribution in [0.15, 0.2) is 36.5 Å². The molecular formula is C15H18FN3. The molecule has 0 fully saturated rings. The number of hydrogen-bond donors (Lipinski definition) is 1. The van der Waals surface area contributed by atoms with Crippen molar-refractivity contribution in [1.82, 2.24) is 9.97 Å². The van der Waals surface area contributed by atoms with Gasteiger partial charge in [-0.1, -0.05) is 0 Å². The molecule has 0 spiro atoms. The molecule has 0 aliphatic carbocycles. The fourth-order valence-electron chi connectivity index (χ4n) is 1.73. The van der Waals surface area contributed by atoms with Crippen LogP contribution in [0.3, 0.4) is 0 Å². The van der Waals surface area contributed by atoms with Gasteiger partial charge in [-0.2, -0.15) is 0 Å². The van der Waals surface area contributed by atoms with Crippen molar-refractivity contribution in [3.05, 3.63) is 48.2 Å². The minimum atomic E-state index is -0.247. The zero-order valence-corrected chi connectivity index (χ0v) is 11.2. The molecule has 2 rings (SSSR count). The van der Waals surface area contributed by atoms with E-state index in [-0.39, 0.29) is 11.4 Å². The third-order valence-electron chi connectivity index (χ3n) is 2.84. The number of benzene rings is 1. The highest BCUT2D eigenvalue weighted by atomic mass is 19.1. The van der Waals surface area contributed by atoms with Crippen molar-refractivity contribution < 1.29 is 4.39 Å². The van der Waals surface area contributed by atoms with E-state index in [9.17, 15) is 4.39 Å². The molecule has 0 bridgehead atoms. The lowest BCUT2D eigenvalue weighted by Gasteiger charge is -2.17. The Bertz CT molecular complexity index is 544. The lowest BCUT2D eigenvalue weighted by molar-refractivity contribution is 0.471. The summed E-state index contributed by atoms with van der Waals surface area (Å²) in [5, 5.41) is 0. The van der Waals surface area contributed by atoms with Gasteiger partial charge in [-0.15, -0.1) is 0 Å². The van der Waals surface area contributed by atoms with Gasteiger partial charge >= 0.3 is 0 Å². The SMILES string of the molecule is CC(C)(N)CCc1nccc(-c2ccc(F)cc2)n1. The maximum atomic E-state index is 12.9. The van der Waals surface area contributed by atoms with E-state index in [1.165, 1.54) is 12.1 Å². The fraction of sp³-hybridized carbons (Fsp3) is 0.333. The number of nitrogens with two attached hydrogens (primary N) is 1. The number of aryl methyl sites for hydroxylation is 1. The first-order valence-corrected chi connectivity index (χ1v) is 6.31. The first-order chi connectivity index (χ1) is 8.94. The lowest BCUT2D eigenvalue weighted by Crippen LogP contribution is -2.32. The molecule has 100 valence electrons. The molecule has 0 aliphatic rings. The number of halogens is 1. The smallest absolute Gasteiger partial charge is 0.129 e. The van der Waals surface area contributed by atoms with Crippen LogP contribution in [0.25, 0.3) is 11.3 Å². The van der Waals surface area contributed by atoms with E-state index >= 15 is 0 Å². The van der Waals surface area contributed by atoms with Crippen molar-refractivity contribution in [2.75, 3.05) is 0 Å². The van der Waals surface area contributed by atoms with Crippen LogP contribution >= 0.6 is 0 Å². The normalized spacial score (nSPS) is 11.6. The fourth-order valence-corrected chi connectivity index (χ4v) is 1.73. The second-order valence-corrected chi connectivity index (χ2v) is 5.35. The molecule has 4 heteroatoms. The largest absolute Gasteiger partial charge is 0.326 e. The summed E-state index contributed by atoms with van der Waals surface area (Å²) in [6, 6.07) is 8.12. The van der Waals surface area contributed by atoms with Crippen molar-refractivity contribution in [3.8, 4) is 11.3 Å². The highest BCUT2D eigenvalue weighted by molar-refractivity contribution is 5.58. The quantitative estimate of drug-likeness (QED) is 0.918. The molecule has 0 atom stereocenters. The number of nitrogens with zero attached hydrogens (tertiary/aromatic N) is 2. The van der Waals surface area contributed by atoms with Crippen LogP contribution < -0.4 is 5.73 Å². The van der Waals surface area contributed by atoms with Crippen molar-refractivity contribution in [2.45, 2.75) is 32.2 Å². The van der Waals surface area contributed by atoms with E-state index < -0.39 is 0 Å². The highest BCUT2D eigenvalue weighted by Crippen LogP contribution is 2.17. The Morgan fingerprint density at radius 1 is 1.16 bits per heavy atom. The third kappa shape index (κ3) is 4.10. The minimum absolute atomic E-state index is 0.227. The molecular weight excluding hydrogens is 241 g/mol. The van der Waals surface area contributed by atoms with Gasteiger partial charge in [0.1, 0.15) is 11.6 Å². The standard InChI is InChI=1S/C15H18FN3/c1-15(2,17)9-7-14-18-10-8-13(19-14)11-3-5-12(16)6-4-11/h3-6,8,10H,7,9,17H2,1-2H3. The summed E-state index contributed by atoms with van der Waals surface area (Å²) >= 11 is 0. The molecule has 0 saturated carbocycles. The van der Waals surface area contributed by atoms with Gasteiger partial charge in [0.25, 0.3) is 0 Å². The molecule has 0 saturated heterocycles. The Morgan fingerprint density at radius 2 is 1.84 bits per heavy atom. The monoisotopic (exact) mass is 259 g/mol. The molecule has 0 radical (unpaired) electrons. The molecule has 0 amide bonds. The zero-order chi connectivity index (χ0) is 13.9. The topological polar surface area (TPSA) is 51.8 Å². The van der Waals surface area contributed by atoms with Gasteiger partial charge in [0, 0.05) is 23.7 Å². The Kier molecular flexibility index (Phi) is 3.90. The summed E-state index contributed by atoms with van der Waals surface area (Å²) < 4.78 is 12.9. The third-order valence-corrected chi connectivity index (χ3v) is 2.84. The summed E-state index contributed by atoms with van der Waals surface area (Å²) in [7, 11) is 0. The van der Waals surface area contributed by atoms with Gasteiger partial charge in [0.2, 0.25) is 0 Å². The maximum absolute atomic E-state index is 12.9. The summed E-state index contributed by atoms with van der Waals surface area (Å²) in [5.74, 6) is 0.517. The van der Waals surface area contributed by atoms with Crippen LogP contribution in [0.1, 0.15) is 26.1 Å².